The summed E-state index contributed by atoms with van der Waals surface area (Å²) in [5, 5.41) is 2.91. The Hall–Kier alpha value is -2.71. The summed E-state index contributed by atoms with van der Waals surface area (Å²) in [6, 6.07) is 15.3. The normalized spacial score (nSPS) is 16.9. The van der Waals surface area contributed by atoms with E-state index in [9.17, 15) is 18.0 Å². The zero-order valence-corrected chi connectivity index (χ0v) is 18.8. The zero-order valence-electron chi connectivity index (χ0n) is 18.0. The summed E-state index contributed by atoms with van der Waals surface area (Å²) in [5.74, 6) is -0.561. The van der Waals surface area contributed by atoms with Crippen molar-refractivity contribution in [1.82, 2.24) is 9.21 Å². The molecule has 1 aliphatic rings. The van der Waals surface area contributed by atoms with Crippen molar-refractivity contribution >= 4 is 27.5 Å². The van der Waals surface area contributed by atoms with Gasteiger partial charge in [0, 0.05) is 37.4 Å². The second kappa shape index (κ2) is 10.1. The summed E-state index contributed by atoms with van der Waals surface area (Å²) in [4.78, 5) is 27.4. The van der Waals surface area contributed by atoms with Crippen molar-refractivity contribution in [3.8, 4) is 0 Å². The van der Waals surface area contributed by atoms with E-state index in [1.807, 2.05) is 30.3 Å². The molecule has 0 unspecified atom stereocenters. The Morgan fingerprint density at radius 2 is 1.68 bits per heavy atom. The maximum Gasteiger partial charge on any atom is 0.253 e. The number of rotatable bonds is 7. The summed E-state index contributed by atoms with van der Waals surface area (Å²) in [7, 11) is -3.56. The number of hydrogen-bond acceptors (Lipinski definition) is 4. The van der Waals surface area contributed by atoms with Gasteiger partial charge in [-0.15, -0.1) is 0 Å². The van der Waals surface area contributed by atoms with Gasteiger partial charge in [-0.1, -0.05) is 32.0 Å². The van der Waals surface area contributed by atoms with Gasteiger partial charge in [0.15, 0.2) is 0 Å². The highest BCUT2D eigenvalue weighted by Crippen LogP contribution is 2.22. The van der Waals surface area contributed by atoms with Crippen LogP contribution in [-0.4, -0.2) is 55.6 Å². The van der Waals surface area contributed by atoms with Crippen molar-refractivity contribution in [3.63, 3.8) is 0 Å². The van der Waals surface area contributed by atoms with E-state index in [2.05, 4.69) is 5.32 Å². The van der Waals surface area contributed by atoms with Crippen LogP contribution < -0.4 is 5.32 Å². The quantitative estimate of drug-likeness (QED) is 0.712. The standard InChI is InChI=1S/C23H29N3O4S/c1-3-26(4-2)31(29,30)21-14-12-18(13-15-21)23(28)25-16-8-9-19(17-25)22(27)24-20-10-6-5-7-11-20/h5-7,10-15,19H,3-4,8-9,16-17H2,1-2H3,(H,24,27)/t19-/m0/s1. The first-order chi connectivity index (χ1) is 14.9. The summed E-state index contributed by atoms with van der Waals surface area (Å²) < 4.78 is 26.6. The molecule has 0 spiro atoms. The van der Waals surface area contributed by atoms with Gasteiger partial charge in [0.05, 0.1) is 10.8 Å². The van der Waals surface area contributed by atoms with Crippen LogP contribution in [0.5, 0.6) is 0 Å². The minimum absolute atomic E-state index is 0.0932. The number of anilines is 1. The van der Waals surface area contributed by atoms with Crippen LogP contribution in [0.3, 0.4) is 0 Å². The Kier molecular flexibility index (Phi) is 7.46. The molecule has 1 aliphatic heterocycles. The molecule has 2 aromatic carbocycles. The lowest BCUT2D eigenvalue weighted by Gasteiger charge is -2.32. The van der Waals surface area contributed by atoms with Crippen LogP contribution in [0.2, 0.25) is 0 Å². The molecule has 3 rings (SSSR count). The average Bonchev–Trinajstić information content (AvgIpc) is 2.80. The number of hydrogen-bond donors (Lipinski definition) is 1. The van der Waals surface area contributed by atoms with E-state index < -0.39 is 10.0 Å². The average molecular weight is 444 g/mol. The highest BCUT2D eigenvalue weighted by atomic mass is 32.2. The van der Waals surface area contributed by atoms with E-state index in [0.29, 0.717) is 31.7 Å². The summed E-state index contributed by atoms with van der Waals surface area (Å²) >= 11 is 0. The van der Waals surface area contributed by atoms with Gasteiger partial charge in [-0.2, -0.15) is 4.31 Å². The van der Waals surface area contributed by atoms with E-state index in [0.717, 1.165) is 18.5 Å². The molecule has 0 bridgehead atoms. The third kappa shape index (κ3) is 5.32. The van der Waals surface area contributed by atoms with Crippen molar-refractivity contribution in [2.75, 3.05) is 31.5 Å². The molecule has 2 amide bonds. The number of nitrogens with zero attached hydrogens (tertiary/aromatic N) is 2. The van der Waals surface area contributed by atoms with Gasteiger partial charge in [0.25, 0.3) is 5.91 Å². The number of nitrogens with one attached hydrogen (secondary N) is 1. The molecule has 1 saturated heterocycles. The van der Waals surface area contributed by atoms with E-state index in [1.165, 1.54) is 16.4 Å². The summed E-state index contributed by atoms with van der Waals surface area (Å²) in [6.45, 7) is 5.28. The number of amides is 2. The Labute approximate surface area is 184 Å². The van der Waals surface area contributed by atoms with Gasteiger partial charge >= 0.3 is 0 Å². The van der Waals surface area contributed by atoms with Crippen molar-refractivity contribution in [1.29, 1.82) is 0 Å². The summed E-state index contributed by atoms with van der Waals surface area (Å²) in [5.41, 5.74) is 1.16. The lowest BCUT2D eigenvalue weighted by Crippen LogP contribution is -2.43. The molecule has 1 heterocycles. The van der Waals surface area contributed by atoms with Crippen molar-refractivity contribution < 1.29 is 18.0 Å². The van der Waals surface area contributed by atoms with E-state index in [-0.39, 0.29) is 22.6 Å². The molecule has 31 heavy (non-hydrogen) atoms. The molecule has 0 aromatic heterocycles. The number of para-hydroxylation sites is 1. The molecular weight excluding hydrogens is 414 g/mol. The molecule has 2 aromatic rings. The molecule has 1 N–H and O–H groups in total. The molecule has 8 heteroatoms. The predicted octanol–water partition coefficient (Wildman–Crippen LogP) is 3.21. The van der Waals surface area contributed by atoms with Crippen molar-refractivity contribution in [2.45, 2.75) is 31.6 Å². The van der Waals surface area contributed by atoms with Crippen LogP contribution in [-0.2, 0) is 14.8 Å². The Bertz CT molecular complexity index is 1000. The fourth-order valence-electron chi connectivity index (χ4n) is 3.81. The monoisotopic (exact) mass is 443 g/mol. The third-order valence-electron chi connectivity index (χ3n) is 5.57. The lowest BCUT2D eigenvalue weighted by molar-refractivity contribution is -0.121. The third-order valence-corrected chi connectivity index (χ3v) is 7.63. The van der Waals surface area contributed by atoms with Crippen LogP contribution >= 0.6 is 0 Å². The van der Waals surface area contributed by atoms with E-state index >= 15 is 0 Å². The molecular formula is C23H29N3O4S. The molecule has 0 aliphatic carbocycles. The van der Waals surface area contributed by atoms with Crippen LogP contribution in [0.25, 0.3) is 0 Å². The van der Waals surface area contributed by atoms with Gasteiger partial charge in [-0.05, 0) is 49.2 Å². The molecule has 7 nitrogen and oxygen atoms in total. The highest BCUT2D eigenvalue weighted by molar-refractivity contribution is 7.89. The van der Waals surface area contributed by atoms with E-state index in [1.54, 1.807) is 30.9 Å². The van der Waals surface area contributed by atoms with Crippen LogP contribution in [0.15, 0.2) is 59.5 Å². The molecule has 0 saturated carbocycles. The van der Waals surface area contributed by atoms with Gasteiger partial charge in [-0.3, -0.25) is 9.59 Å². The van der Waals surface area contributed by atoms with Gasteiger partial charge < -0.3 is 10.2 Å². The SMILES string of the molecule is CCN(CC)S(=O)(=O)c1ccc(C(=O)N2CCC[C@H](C(=O)Nc3ccccc3)C2)cc1. The van der Waals surface area contributed by atoms with Crippen LogP contribution in [0.1, 0.15) is 37.0 Å². The largest absolute Gasteiger partial charge is 0.338 e. The zero-order chi connectivity index (χ0) is 22.4. The maximum atomic E-state index is 13.0. The fraction of sp³-hybridized carbons (Fsp3) is 0.391. The van der Waals surface area contributed by atoms with Gasteiger partial charge in [0.1, 0.15) is 0 Å². The number of benzene rings is 2. The lowest BCUT2D eigenvalue weighted by atomic mass is 9.96. The first-order valence-electron chi connectivity index (χ1n) is 10.6. The van der Waals surface area contributed by atoms with Gasteiger partial charge in [-0.25, -0.2) is 8.42 Å². The smallest absolute Gasteiger partial charge is 0.253 e. The molecule has 1 fully saturated rings. The van der Waals surface area contributed by atoms with Crippen LogP contribution in [0, 0.1) is 5.92 Å². The fourth-order valence-corrected chi connectivity index (χ4v) is 5.26. The van der Waals surface area contributed by atoms with Crippen molar-refractivity contribution in [3.05, 3.63) is 60.2 Å². The molecule has 0 radical (unpaired) electrons. The minimum Gasteiger partial charge on any atom is -0.338 e. The Balaban J connectivity index is 1.67. The van der Waals surface area contributed by atoms with E-state index in [4.69, 9.17) is 0 Å². The highest BCUT2D eigenvalue weighted by Gasteiger charge is 2.29. The second-order valence-electron chi connectivity index (χ2n) is 7.56. The molecule has 166 valence electrons. The minimum atomic E-state index is -3.56. The maximum absolute atomic E-state index is 13.0. The first kappa shape index (κ1) is 23.0. The number of carbonyl (C=O) groups is 2. The number of likely N-dealkylation sites (tertiary alicyclic amines) is 1. The predicted molar refractivity (Wildman–Crippen MR) is 120 cm³/mol. The van der Waals surface area contributed by atoms with Gasteiger partial charge in [0.2, 0.25) is 15.9 Å². The number of piperidine rings is 1. The first-order valence-corrected chi connectivity index (χ1v) is 12.1. The second-order valence-corrected chi connectivity index (χ2v) is 9.50. The Morgan fingerprint density at radius 1 is 1.03 bits per heavy atom. The number of carbonyl (C=O) groups excluding carboxylic acids is 2. The van der Waals surface area contributed by atoms with Crippen molar-refractivity contribution in [2.24, 2.45) is 5.92 Å². The Morgan fingerprint density at radius 3 is 2.29 bits per heavy atom. The topological polar surface area (TPSA) is 86.8 Å². The number of sulfonamides is 1. The molecule has 1 atom stereocenters. The summed E-state index contributed by atoms with van der Waals surface area (Å²) in [6.07, 6.45) is 1.47. The van der Waals surface area contributed by atoms with Crippen LogP contribution in [0.4, 0.5) is 5.69 Å².